The largest absolute Gasteiger partial charge is 0.336 e. The molecule has 0 amide bonds. The van der Waals surface area contributed by atoms with Gasteiger partial charge in [-0.05, 0) is 12.1 Å². The highest BCUT2D eigenvalue weighted by Crippen LogP contribution is 2.22. The molecule has 3 nitrogen and oxygen atoms in total. The number of rotatable bonds is 1. The average Bonchev–Trinajstić information content (AvgIpc) is 2.49. The summed E-state index contributed by atoms with van der Waals surface area (Å²) in [4.78, 5) is 14.7. The standard InChI is InChI=1S/C9H8N2O/c1-11-4-2-3-8-7(6-12)5-10-9(8)11/h2-6H,1H3. The van der Waals surface area contributed by atoms with E-state index >= 15 is 0 Å². The number of aldehydes is 1. The van der Waals surface area contributed by atoms with Crippen molar-refractivity contribution in [3.8, 4) is 11.4 Å². The smallest absolute Gasteiger partial charge is 0.152 e. The predicted molar refractivity (Wildman–Crippen MR) is 45.2 cm³/mol. The van der Waals surface area contributed by atoms with Crippen LogP contribution in [0.5, 0.6) is 0 Å². The van der Waals surface area contributed by atoms with Crippen molar-refractivity contribution in [3.63, 3.8) is 0 Å². The zero-order chi connectivity index (χ0) is 8.55. The molecule has 0 unspecified atom stereocenters. The maximum atomic E-state index is 10.5. The molecule has 60 valence electrons. The van der Waals surface area contributed by atoms with Crippen LogP contribution in [-0.2, 0) is 7.05 Å². The van der Waals surface area contributed by atoms with Gasteiger partial charge in [-0.3, -0.25) is 4.79 Å². The Morgan fingerprint density at radius 3 is 3.17 bits per heavy atom. The number of carbonyl (C=O) groups excluding carboxylic acids is 1. The molecule has 0 bridgehead atoms. The van der Waals surface area contributed by atoms with E-state index in [9.17, 15) is 4.79 Å². The molecule has 2 aliphatic rings. The third-order valence-electron chi connectivity index (χ3n) is 1.91. The summed E-state index contributed by atoms with van der Waals surface area (Å²) in [6, 6.07) is 3.79. The monoisotopic (exact) mass is 160 g/mol. The van der Waals surface area contributed by atoms with Gasteiger partial charge in [0.25, 0.3) is 0 Å². The average molecular weight is 160 g/mol. The van der Waals surface area contributed by atoms with Crippen LogP contribution < -0.4 is 0 Å². The number of aryl methyl sites for hydroxylation is 1. The second kappa shape index (κ2) is 2.44. The van der Waals surface area contributed by atoms with Crippen LogP contribution in [0.1, 0.15) is 10.4 Å². The first-order valence-corrected chi connectivity index (χ1v) is 3.68. The fourth-order valence-corrected chi connectivity index (χ4v) is 1.28. The fourth-order valence-electron chi connectivity index (χ4n) is 1.28. The lowest BCUT2D eigenvalue weighted by Gasteiger charge is -2.03. The first-order valence-electron chi connectivity index (χ1n) is 3.68. The van der Waals surface area contributed by atoms with Crippen molar-refractivity contribution < 1.29 is 4.79 Å². The highest BCUT2D eigenvalue weighted by Gasteiger charge is 2.10. The van der Waals surface area contributed by atoms with Crippen LogP contribution in [0.3, 0.4) is 0 Å². The van der Waals surface area contributed by atoms with Crippen molar-refractivity contribution in [2.75, 3.05) is 0 Å². The molecule has 0 aromatic rings. The number of hydrogen-bond donors (Lipinski definition) is 0. The van der Waals surface area contributed by atoms with Crippen molar-refractivity contribution in [2.24, 2.45) is 7.05 Å². The molecule has 3 heteroatoms. The molecule has 12 heavy (non-hydrogen) atoms. The Balaban J connectivity index is 2.75. The highest BCUT2D eigenvalue weighted by atomic mass is 16.1. The van der Waals surface area contributed by atoms with E-state index in [0.717, 1.165) is 17.7 Å². The summed E-state index contributed by atoms with van der Waals surface area (Å²) in [6.07, 6.45) is 4.33. The maximum Gasteiger partial charge on any atom is 0.152 e. The van der Waals surface area contributed by atoms with Crippen molar-refractivity contribution in [1.82, 2.24) is 9.55 Å². The van der Waals surface area contributed by atoms with E-state index in [1.807, 2.05) is 29.9 Å². The molecule has 2 aliphatic heterocycles. The molecular formula is C9H8N2O. The van der Waals surface area contributed by atoms with Gasteiger partial charge in [0.2, 0.25) is 0 Å². The van der Waals surface area contributed by atoms with Gasteiger partial charge in [0.05, 0.1) is 0 Å². The molecule has 2 rings (SSSR count). The zero-order valence-electron chi connectivity index (χ0n) is 6.69. The molecule has 0 fully saturated rings. The third-order valence-corrected chi connectivity index (χ3v) is 1.91. The van der Waals surface area contributed by atoms with Gasteiger partial charge in [-0.15, -0.1) is 0 Å². The topological polar surface area (TPSA) is 34.9 Å². The first kappa shape index (κ1) is 7.03. The van der Waals surface area contributed by atoms with E-state index in [0.29, 0.717) is 5.56 Å². The van der Waals surface area contributed by atoms with Gasteiger partial charge in [0, 0.05) is 30.6 Å². The van der Waals surface area contributed by atoms with Gasteiger partial charge in [-0.2, -0.15) is 0 Å². The van der Waals surface area contributed by atoms with Crippen molar-refractivity contribution >= 4 is 6.29 Å². The van der Waals surface area contributed by atoms with Crippen LogP contribution in [0.4, 0.5) is 0 Å². The van der Waals surface area contributed by atoms with Crippen molar-refractivity contribution in [2.45, 2.75) is 0 Å². The van der Waals surface area contributed by atoms with Gasteiger partial charge in [0.1, 0.15) is 5.82 Å². The van der Waals surface area contributed by atoms with Crippen LogP contribution >= 0.6 is 0 Å². The maximum absolute atomic E-state index is 10.5. The Labute approximate surface area is 70.0 Å². The van der Waals surface area contributed by atoms with E-state index in [4.69, 9.17) is 0 Å². The minimum Gasteiger partial charge on any atom is -0.336 e. The number of fused-ring (bicyclic) bond motifs is 1. The lowest BCUT2D eigenvalue weighted by Crippen LogP contribution is -1.95. The Morgan fingerprint density at radius 2 is 2.42 bits per heavy atom. The quantitative estimate of drug-likeness (QED) is 0.590. The summed E-state index contributed by atoms with van der Waals surface area (Å²) in [5.41, 5.74) is 1.57. The Hall–Kier alpha value is -1.64. The van der Waals surface area contributed by atoms with Crippen LogP contribution in [-0.4, -0.2) is 15.8 Å². The molecule has 0 atom stereocenters. The molecule has 2 heterocycles. The van der Waals surface area contributed by atoms with Crippen LogP contribution in [0.15, 0.2) is 24.5 Å². The molecule has 0 N–H and O–H groups in total. The fraction of sp³-hybridized carbons (Fsp3) is 0.111. The highest BCUT2D eigenvalue weighted by molar-refractivity contribution is 5.86. The third kappa shape index (κ3) is 0.830. The van der Waals surface area contributed by atoms with E-state index in [2.05, 4.69) is 4.98 Å². The lowest BCUT2D eigenvalue weighted by atomic mass is 10.2. The lowest BCUT2D eigenvalue weighted by molar-refractivity contribution is 0.112. The molecular weight excluding hydrogens is 152 g/mol. The summed E-state index contributed by atoms with van der Waals surface area (Å²) in [5, 5.41) is 0. The summed E-state index contributed by atoms with van der Waals surface area (Å²) in [7, 11) is 1.91. The molecule has 0 saturated heterocycles. The Bertz CT molecular complexity index is 392. The molecule has 0 spiro atoms. The minimum atomic E-state index is 0.654. The number of pyridine rings is 1. The van der Waals surface area contributed by atoms with E-state index in [1.54, 1.807) is 6.20 Å². The Kier molecular flexibility index (Phi) is 1.43. The number of nitrogens with zero attached hydrogens (tertiary/aromatic N) is 2. The minimum absolute atomic E-state index is 0.654. The van der Waals surface area contributed by atoms with Crippen molar-refractivity contribution in [1.29, 1.82) is 0 Å². The van der Waals surface area contributed by atoms with Crippen molar-refractivity contribution in [3.05, 3.63) is 30.1 Å². The molecule has 0 radical (unpaired) electrons. The normalized spacial score (nSPS) is 10.4. The number of carbonyl (C=O) groups is 1. The number of hydrogen-bond acceptors (Lipinski definition) is 2. The van der Waals surface area contributed by atoms with Gasteiger partial charge in [-0.25, -0.2) is 4.98 Å². The molecule has 0 aromatic heterocycles. The van der Waals surface area contributed by atoms with E-state index < -0.39 is 0 Å². The van der Waals surface area contributed by atoms with Gasteiger partial charge in [0.15, 0.2) is 6.29 Å². The van der Waals surface area contributed by atoms with Gasteiger partial charge >= 0.3 is 0 Å². The molecule has 0 aliphatic carbocycles. The Morgan fingerprint density at radius 1 is 1.58 bits per heavy atom. The van der Waals surface area contributed by atoms with E-state index in [1.165, 1.54) is 0 Å². The second-order valence-corrected chi connectivity index (χ2v) is 2.69. The first-order chi connectivity index (χ1) is 5.83. The summed E-state index contributed by atoms with van der Waals surface area (Å²) in [5.74, 6) is 0.847. The van der Waals surface area contributed by atoms with Crippen LogP contribution in [0.2, 0.25) is 0 Å². The SMILES string of the molecule is Cn1cccc2c(C=O)cnc1-2. The summed E-state index contributed by atoms with van der Waals surface area (Å²) >= 11 is 0. The molecule has 0 saturated carbocycles. The molecule has 0 aromatic carbocycles. The predicted octanol–water partition coefficient (Wildman–Crippen LogP) is 1.34. The van der Waals surface area contributed by atoms with Gasteiger partial charge < -0.3 is 4.57 Å². The second-order valence-electron chi connectivity index (χ2n) is 2.69. The van der Waals surface area contributed by atoms with Crippen LogP contribution in [0, 0.1) is 0 Å². The number of aromatic nitrogens is 2. The summed E-state index contributed by atoms with van der Waals surface area (Å²) in [6.45, 7) is 0. The summed E-state index contributed by atoms with van der Waals surface area (Å²) < 4.78 is 1.89. The van der Waals surface area contributed by atoms with Gasteiger partial charge in [-0.1, -0.05) is 0 Å². The van der Waals surface area contributed by atoms with E-state index in [-0.39, 0.29) is 0 Å². The zero-order valence-corrected chi connectivity index (χ0v) is 6.69. The van der Waals surface area contributed by atoms with Crippen LogP contribution in [0.25, 0.3) is 11.4 Å².